The summed E-state index contributed by atoms with van der Waals surface area (Å²) in [5.74, 6) is 0.566. The van der Waals surface area contributed by atoms with E-state index in [0.29, 0.717) is 34.6 Å². The molecule has 22 heavy (non-hydrogen) atoms. The summed E-state index contributed by atoms with van der Waals surface area (Å²) in [6.07, 6.45) is 1.56. The van der Waals surface area contributed by atoms with E-state index in [-0.39, 0.29) is 11.9 Å². The van der Waals surface area contributed by atoms with Crippen LogP contribution in [-0.4, -0.2) is 39.8 Å². The Morgan fingerprint density at radius 3 is 2.68 bits per heavy atom. The molecule has 1 aliphatic heterocycles. The summed E-state index contributed by atoms with van der Waals surface area (Å²) >= 11 is 12.0. The average Bonchev–Trinajstić information content (AvgIpc) is 2.73. The van der Waals surface area contributed by atoms with Crippen LogP contribution in [0.1, 0.15) is 16.2 Å². The van der Waals surface area contributed by atoms with Crippen molar-refractivity contribution in [3.63, 3.8) is 0 Å². The first-order valence-electron chi connectivity index (χ1n) is 6.81. The van der Waals surface area contributed by atoms with Crippen molar-refractivity contribution in [3.05, 3.63) is 39.8 Å². The van der Waals surface area contributed by atoms with Gasteiger partial charge < -0.3 is 10.2 Å². The SMILES string of the molecule is Cc1cc(C(=O)NC2CN(c3ncc(Cl)cc3Cl)C2)n(C)n1. The lowest BCUT2D eigenvalue weighted by molar-refractivity contribution is 0.0920. The summed E-state index contributed by atoms with van der Waals surface area (Å²) in [5.41, 5.74) is 1.37. The van der Waals surface area contributed by atoms with Crippen LogP contribution in [0.25, 0.3) is 0 Å². The zero-order valence-electron chi connectivity index (χ0n) is 12.2. The first-order valence-corrected chi connectivity index (χ1v) is 7.57. The Labute approximate surface area is 138 Å². The number of amides is 1. The second kappa shape index (κ2) is 5.78. The molecule has 8 heteroatoms. The van der Waals surface area contributed by atoms with Crippen LogP contribution in [0.15, 0.2) is 18.3 Å². The molecule has 0 atom stereocenters. The highest BCUT2D eigenvalue weighted by Gasteiger charge is 2.31. The number of nitrogens with one attached hydrogen (secondary N) is 1. The third kappa shape index (κ3) is 2.89. The van der Waals surface area contributed by atoms with E-state index in [1.165, 1.54) is 0 Å². The smallest absolute Gasteiger partial charge is 0.269 e. The van der Waals surface area contributed by atoms with Crippen molar-refractivity contribution in [1.29, 1.82) is 0 Å². The number of aryl methyl sites for hydroxylation is 2. The van der Waals surface area contributed by atoms with Crippen LogP contribution < -0.4 is 10.2 Å². The monoisotopic (exact) mass is 339 g/mol. The predicted molar refractivity (Wildman–Crippen MR) is 85.7 cm³/mol. The molecule has 1 N–H and O–H groups in total. The Hall–Kier alpha value is -1.79. The van der Waals surface area contributed by atoms with E-state index in [4.69, 9.17) is 23.2 Å². The molecule has 1 saturated heterocycles. The van der Waals surface area contributed by atoms with Crippen LogP contribution in [0.2, 0.25) is 10.0 Å². The lowest BCUT2D eigenvalue weighted by Gasteiger charge is -2.40. The van der Waals surface area contributed by atoms with Gasteiger partial charge in [0.2, 0.25) is 0 Å². The molecule has 0 bridgehead atoms. The van der Waals surface area contributed by atoms with Crippen LogP contribution in [0.5, 0.6) is 0 Å². The van der Waals surface area contributed by atoms with Crippen LogP contribution in [0, 0.1) is 6.92 Å². The molecule has 0 spiro atoms. The fourth-order valence-electron chi connectivity index (χ4n) is 2.47. The number of hydrogen-bond donors (Lipinski definition) is 1. The van der Waals surface area contributed by atoms with E-state index in [2.05, 4.69) is 15.4 Å². The van der Waals surface area contributed by atoms with Crippen LogP contribution in [0.4, 0.5) is 5.82 Å². The van der Waals surface area contributed by atoms with E-state index in [9.17, 15) is 4.79 Å². The summed E-state index contributed by atoms with van der Waals surface area (Å²) in [5, 5.41) is 8.17. The maximum absolute atomic E-state index is 12.2. The van der Waals surface area contributed by atoms with Crippen molar-refractivity contribution in [2.75, 3.05) is 18.0 Å². The Bertz CT molecular complexity index is 724. The average molecular weight is 340 g/mol. The standard InChI is InChI=1S/C14H15Cl2N5O/c1-8-3-12(20(2)19-8)14(22)18-10-6-21(7-10)13-11(16)4-9(15)5-17-13/h3-5,10H,6-7H2,1-2H3,(H,18,22). The summed E-state index contributed by atoms with van der Waals surface area (Å²) in [7, 11) is 1.76. The molecule has 0 aromatic carbocycles. The number of anilines is 1. The third-order valence-corrected chi connectivity index (χ3v) is 4.02. The molecule has 0 unspecified atom stereocenters. The van der Waals surface area contributed by atoms with Gasteiger partial charge in [-0.2, -0.15) is 5.10 Å². The molecule has 2 aromatic rings. The van der Waals surface area contributed by atoms with Gasteiger partial charge in [0.25, 0.3) is 5.91 Å². The van der Waals surface area contributed by atoms with Gasteiger partial charge in [0.15, 0.2) is 0 Å². The number of rotatable bonds is 3. The molecule has 3 rings (SSSR count). The molecular weight excluding hydrogens is 325 g/mol. The highest BCUT2D eigenvalue weighted by Crippen LogP contribution is 2.29. The minimum atomic E-state index is -0.122. The topological polar surface area (TPSA) is 63.1 Å². The van der Waals surface area contributed by atoms with Gasteiger partial charge in [0.1, 0.15) is 11.5 Å². The van der Waals surface area contributed by atoms with Gasteiger partial charge in [-0.15, -0.1) is 0 Å². The second-order valence-corrected chi connectivity index (χ2v) is 6.17. The summed E-state index contributed by atoms with van der Waals surface area (Å²) in [6.45, 7) is 3.18. The molecular formula is C14H15Cl2N5O. The lowest BCUT2D eigenvalue weighted by Crippen LogP contribution is -2.60. The maximum atomic E-state index is 12.2. The molecule has 116 valence electrons. The highest BCUT2D eigenvalue weighted by molar-refractivity contribution is 6.36. The number of nitrogens with zero attached hydrogens (tertiary/aromatic N) is 4. The van der Waals surface area contributed by atoms with Gasteiger partial charge in [-0.05, 0) is 19.1 Å². The van der Waals surface area contributed by atoms with Gasteiger partial charge in [0.05, 0.1) is 21.8 Å². The van der Waals surface area contributed by atoms with Crippen molar-refractivity contribution in [2.24, 2.45) is 7.05 Å². The fourth-order valence-corrected chi connectivity index (χ4v) is 2.96. The Morgan fingerprint density at radius 2 is 2.09 bits per heavy atom. The first kappa shape index (κ1) is 15.1. The van der Waals surface area contributed by atoms with Gasteiger partial charge in [0, 0.05) is 26.3 Å². The maximum Gasteiger partial charge on any atom is 0.269 e. The van der Waals surface area contributed by atoms with Crippen LogP contribution in [-0.2, 0) is 7.05 Å². The number of hydrogen-bond acceptors (Lipinski definition) is 4. The summed E-state index contributed by atoms with van der Waals surface area (Å²) in [4.78, 5) is 18.4. The van der Waals surface area contributed by atoms with E-state index in [0.717, 1.165) is 5.69 Å². The van der Waals surface area contributed by atoms with Crippen molar-refractivity contribution in [1.82, 2.24) is 20.1 Å². The Balaban J connectivity index is 1.60. The van der Waals surface area contributed by atoms with Gasteiger partial charge in [-0.25, -0.2) is 4.98 Å². The van der Waals surface area contributed by atoms with E-state index in [1.54, 1.807) is 30.1 Å². The predicted octanol–water partition coefficient (Wildman–Crippen LogP) is 2.05. The van der Waals surface area contributed by atoms with Crippen LogP contribution in [0.3, 0.4) is 0 Å². The van der Waals surface area contributed by atoms with Gasteiger partial charge >= 0.3 is 0 Å². The number of carbonyl (C=O) groups is 1. The van der Waals surface area contributed by atoms with E-state index < -0.39 is 0 Å². The minimum Gasteiger partial charge on any atom is -0.351 e. The zero-order chi connectivity index (χ0) is 15.9. The number of halogens is 2. The molecule has 0 radical (unpaired) electrons. The van der Waals surface area contributed by atoms with Crippen LogP contribution >= 0.6 is 23.2 Å². The molecule has 2 aromatic heterocycles. The molecule has 0 saturated carbocycles. The number of pyridine rings is 1. The van der Waals surface area contributed by atoms with Crippen molar-refractivity contribution >= 4 is 34.9 Å². The second-order valence-electron chi connectivity index (χ2n) is 5.33. The highest BCUT2D eigenvalue weighted by atomic mass is 35.5. The van der Waals surface area contributed by atoms with E-state index in [1.807, 2.05) is 11.8 Å². The molecule has 1 fully saturated rings. The van der Waals surface area contributed by atoms with Crippen molar-refractivity contribution < 1.29 is 4.79 Å². The zero-order valence-corrected chi connectivity index (χ0v) is 13.7. The molecule has 0 aliphatic carbocycles. The van der Waals surface area contributed by atoms with Crippen molar-refractivity contribution in [3.8, 4) is 0 Å². The minimum absolute atomic E-state index is 0.0660. The quantitative estimate of drug-likeness (QED) is 0.929. The Morgan fingerprint density at radius 1 is 1.36 bits per heavy atom. The Kier molecular flexibility index (Phi) is 3.97. The third-order valence-electron chi connectivity index (χ3n) is 3.54. The first-order chi connectivity index (χ1) is 10.4. The molecule has 6 nitrogen and oxygen atoms in total. The normalized spacial score (nSPS) is 14.8. The molecule has 1 aliphatic rings. The molecule has 3 heterocycles. The fraction of sp³-hybridized carbons (Fsp3) is 0.357. The lowest BCUT2D eigenvalue weighted by atomic mass is 10.1. The summed E-state index contributed by atoms with van der Waals surface area (Å²) < 4.78 is 1.58. The van der Waals surface area contributed by atoms with Gasteiger partial charge in [-0.1, -0.05) is 23.2 Å². The van der Waals surface area contributed by atoms with Gasteiger partial charge in [-0.3, -0.25) is 9.48 Å². The largest absolute Gasteiger partial charge is 0.351 e. The number of aromatic nitrogens is 3. The molecule has 1 amide bonds. The van der Waals surface area contributed by atoms with E-state index >= 15 is 0 Å². The van der Waals surface area contributed by atoms with Crippen molar-refractivity contribution in [2.45, 2.75) is 13.0 Å². The number of carbonyl (C=O) groups excluding carboxylic acids is 1. The summed E-state index contributed by atoms with van der Waals surface area (Å²) in [6, 6.07) is 3.50.